The number of carbonyl (C=O) groups is 3. The fourth-order valence-electron chi connectivity index (χ4n) is 0.714. The summed E-state index contributed by atoms with van der Waals surface area (Å²) in [6, 6.07) is 0. The van der Waals surface area contributed by atoms with Crippen LogP contribution < -0.4 is 0 Å². The summed E-state index contributed by atoms with van der Waals surface area (Å²) in [5, 5.41) is 33.8. The van der Waals surface area contributed by atoms with Crippen LogP contribution in [0.5, 0.6) is 0 Å². The molecule has 0 unspecified atom stereocenters. The number of hydrogen-bond donors (Lipinski definition) is 7. The molecule has 0 aromatic carbocycles. The lowest BCUT2D eigenvalue weighted by atomic mass is 9.96. The number of hydrogen-bond acceptors (Lipinski definition) is 7. The maximum absolute atomic E-state index is 10.3. The molecule has 0 aromatic rings. The highest BCUT2D eigenvalue weighted by Gasteiger charge is 2.40. The van der Waals surface area contributed by atoms with Crippen LogP contribution in [0.1, 0.15) is 12.8 Å². The van der Waals surface area contributed by atoms with Gasteiger partial charge in [0, 0.05) is 0 Å². The van der Waals surface area contributed by atoms with Gasteiger partial charge in [-0.3, -0.25) is 9.59 Å². The van der Waals surface area contributed by atoms with Crippen molar-refractivity contribution in [2.45, 2.75) is 18.4 Å². The predicted octanol–water partition coefficient (Wildman–Crippen LogP) is -2.06. The zero-order valence-electron chi connectivity index (χ0n) is 8.22. The minimum atomic E-state index is -2.74. The monoisotopic (exact) mass is 274 g/mol. The first-order valence-electron chi connectivity index (χ1n) is 3.77. The molecular weight excluding hydrogens is 263 g/mol. The van der Waals surface area contributed by atoms with Crippen LogP contribution in [0.25, 0.3) is 0 Å². The van der Waals surface area contributed by atoms with Crippen molar-refractivity contribution in [3.05, 3.63) is 0 Å². The molecule has 17 heavy (non-hydrogen) atoms. The van der Waals surface area contributed by atoms with Gasteiger partial charge in [-0.1, -0.05) is 0 Å². The molecule has 0 atom stereocenters. The van der Waals surface area contributed by atoms with Crippen molar-refractivity contribution < 1.29 is 49.5 Å². The second-order valence-electron chi connectivity index (χ2n) is 2.75. The zero-order chi connectivity index (χ0) is 14.2. The second kappa shape index (κ2) is 7.87. The van der Waals surface area contributed by atoms with E-state index in [4.69, 9.17) is 35.1 Å². The summed E-state index contributed by atoms with van der Waals surface area (Å²) in [6.45, 7) is 0. The lowest BCUT2D eigenvalue weighted by Crippen LogP contribution is -2.42. The van der Waals surface area contributed by atoms with Crippen molar-refractivity contribution in [3.8, 4) is 0 Å². The number of carboxylic acids is 3. The zero-order valence-corrected chi connectivity index (χ0v) is 9.11. The van der Waals surface area contributed by atoms with Gasteiger partial charge in [0.05, 0.1) is 12.8 Å². The third-order valence-corrected chi connectivity index (χ3v) is 1.29. The Morgan fingerprint density at radius 1 is 0.882 bits per heavy atom. The normalized spacial score (nSPS) is 10.4. The average molecular weight is 274 g/mol. The van der Waals surface area contributed by atoms with E-state index in [9.17, 15) is 14.4 Å². The largest absolute Gasteiger partial charge is 0.481 e. The summed E-state index contributed by atoms with van der Waals surface area (Å²) in [4.78, 5) is 52.2. The van der Waals surface area contributed by atoms with Crippen LogP contribution in [0.4, 0.5) is 0 Å². The molecule has 0 saturated heterocycles. The van der Waals surface area contributed by atoms with E-state index in [0.29, 0.717) is 0 Å². The van der Waals surface area contributed by atoms with Gasteiger partial charge in [-0.15, -0.1) is 0 Å². The maximum Gasteiger partial charge on any atom is 0.336 e. The highest BCUT2D eigenvalue weighted by atomic mass is 31.2. The lowest BCUT2D eigenvalue weighted by molar-refractivity contribution is -0.170. The van der Waals surface area contributed by atoms with Crippen molar-refractivity contribution in [3.63, 3.8) is 0 Å². The van der Waals surface area contributed by atoms with E-state index in [1.807, 2.05) is 0 Å². The second-order valence-corrected chi connectivity index (χ2v) is 3.28. The van der Waals surface area contributed by atoms with Gasteiger partial charge in [-0.25, -0.2) is 4.79 Å². The number of aliphatic hydroxyl groups is 1. The molecule has 0 rings (SSSR count). The molecule has 10 nitrogen and oxygen atoms in total. The number of carboxylic acid groups (broad SMARTS) is 3. The standard InChI is InChI=1S/C6H8O7.H3O3P/c7-3(8)1-6(13,5(11)12)2-4(9)10;1-4(2)3/h13H,1-2H2,(H,7,8)(H,9,10)(H,11,12);1-3H. The van der Waals surface area contributed by atoms with E-state index in [1.54, 1.807) is 0 Å². The Balaban J connectivity index is 0. The SMILES string of the molecule is O=C(O)CC(O)(CC(=O)O)C(=O)O.OP(O)O. The first-order chi connectivity index (χ1) is 7.51. The lowest BCUT2D eigenvalue weighted by Gasteiger charge is -2.18. The van der Waals surface area contributed by atoms with Crippen molar-refractivity contribution >= 4 is 26.5 Å². The van der Waals surface area contributed by atoms with Crippen LogP contribution >= 0.6 is 8.60 Å². The van der Waals surface area contributed by atoms with E-state index >= 15 is 0 Å². The first-order valence-corrected chi connectivity index (χ1v) is 4.97. The highest BCUT2D eigenvalue weighted by Crippen LogP contribution is 2.15. The molecule has 0 saturated carbocycles. The van der Waals surface area contributed by atoms with Crippen LogP contribution in [0.15, 0.2) is 0 Å². The Bertz CT molecular complexity index is 268. The summed E-state index contributed by atoms with van der Waals surface area (Å²) >= 11 is 0. The van der Waals surface area contributed by atoms with Gasteiger partial charge >= 0.3 is 26.5 Å². The summed E-state index contributed by atoms with van der Waals surface area (Å²) in [6.07, 6.45) is -2.29. The van der Waals surface area contributed by atoms with E-state index in [-0.39, 0.29) is 0 Å². The molecule has 0 aliphatic rings. The van der Waals surface area contributed by atoms with Crippen LogP contribution in [0.2, 0.25) is 0 Å². The fraction of sp³-hybridized carbons (Fsp3) is 0.500. The minimum absolute atomic E-state index is 1.14. The molecule has 0 fully saturated rings. The summed E-state index contributed by atoms with van der Waals surface area (Å²) in [5.74, 6) is -5.02. The summed E-state index contributed by atoms with van der Waals surface area (Å²) < 4.78 is 0. The van der Waals surface area contributed by atoms with Gasteiger partial charge in [0.2, 0.25) is 0 Å². The highest BCUT2D eigenvalue weighted by molar-refractivity contribution is 7.38. The van der Waals surface area contributed by atoms with Crippen LogP contribution in [-0.4, -0.2) is 58.6 Å². The van der Waals surface area contributed by atoms with Gasteiger partial charge < -0.3 is 35.1 Å². The van der Waals surface area contributed by atoms with E-state index < -0.39 is 45.0 Å². The van der Waals surface area contributed by atoms with E-state index in [0.717, 1.165) is 0 Å². The minimum Gasteiger partial charge on any atom is -0.481 e. The number of rotatable bonds is 5. The molecule has 0 spiro atoms. The Hall–Kier alpha value is -1.32. The van der Waals surface area contributed by atoms with Crippen LogP contribution in [0, 0.1) is 0 Å². The van der Waals surface area contributed by atoms with Gasteiger partial charge in [-0.2, -0.15) is 0 Å². The molecule has 7 N–H and O–H groups in total. The molecule has 0 amide bonds. The molecule has 100 valence electrons. The van der Waals surface area contributed by atoms with Gasteiger partial charge in [-0.05, 0) is 0 Å². The van der Waals surface area contributed by atoms with Crippen LogP contribution in [-0.2, 0) is 14.4 Å². The first kappa shape index (κ1) is 18.1. The van der Waals surface area contributed by atoms with Crippen LogP contribution in [0.3, 0.4) is 0 Å². The molecular formula is C6H11O10P. The fourth-order valence-corrected chi connectivity index (χ4v) is 0.714. The molecule has 0 aromatic heterocycles. The molecule has 0 heterocycles. The molecule has 11 heteroatoms. The average Bonchev–Trinajstić information content (AvgIpc) is 1.98. The van der Waals surface area contributed by atoms with Gasteiger partial charge in [0.1, 0.15) is 0 Å². The summed E-state index contributed by atoms with van der Waals surface area (Å²) in [5.41, 5.74) is -2.74. The van der Waals surface area contributed by atoms with Gasteiger partial charge in [0.15, 0.2) is 5.60 Å². The Labute approximate surface area is 95.4 Å². The molecule has 0 aliphatic carbocycles. The van der Waals surface area contributed by atoms with Gasteiger partial charge in [0.25, 0.3) is 0 Å². The predicted molar refractivity (Wildman–Crippen MR) is 50.7 cm³/mol. The Morgan fingerprint density at radius 2 is 1.12 bits per heavy atom. The van der Waals surface area contributed by atoms with Crippen molar-refractivity contribution in [2.75, 3.05) is 0 Å². The van der Waals surface area contributed by atoms with Crippen molar-refractivity contribution in [1.29, 1.82) is 0 Å². The third kappa shape index (κ3) is 11.0. The Kier molecular flexibility index (Phi) is 8.36. The maximum atomic E-state index is 10.3. The third-order valence-electron chi connectivity index (χ3n) is 1.29. The molecule has 0 bridgehead atoms. The van der Waals surface area contributed by atoms with Crippen molar-refractivity contribution in [2.24, 2.45) is 0 Å². The smallest absolute Gasteiger partial charge is 0.336 e. The van der Waals surface area contributed by atoms with E-state index in [1.165, 1.54) is 0 Å². The summed E-state index contributed by atoms with van der Waals surface area (Å²) in [7, 11) is -2.62. The topological polar surface area (TPSA) is 193 Å². The Morgan fingerprint density at radius 3 is 1.24 bits per heavy atom. The van der Waals surface area contributed by atoms with E-state index in [2.05, 4.69) is 0 Å². The number of aliphatic carboxylic acids is 3. The molecule has 0 radical (unpaired) electrons. The molecule has 0 aliphatic heterocycles. The van der Waals surface area contributed by atoms with Crippen molar-refractivity contribution in [1.82, 2.24) is 0 Å². The quantitative estimate of drug-likeness (QED) is 0.274.